The van der Waals surface area contributed by atoms with Crippen molar-refractivity contribution in [2.45, 2.75) is 66.1 Å². The molecule has 1 N–H and O–H groups in total. The fourth-order valence-corrected chi connectivity index (χ4v) is 4.27. The molecule has 0 spiro atoms. The van der Waals surface area contributed by atoms with Crippen molar-refractivity contribution in [1.29, 1.82) is 0 Å². The number of rotatable bonds is 6. The Bertz CT molecular complexity index is 969. The molecule has 1 aromatic heterocycles. The molecule has 6 heteroatoms. The molecule has 1 unspecified atom stereocenters. The number of carbonyl (C=O) groups excluding carboxylic acids is 1. The third-order valence-electron chi connectivity index (χ3n) is 5.19. The number of aliphatic imine (C=N–C) groups is 1. The van der Waals surface area contributed by atoms with E-state index in [9.17, 15) is 4.79 Å². The maximum atomic E-state index is 12.6. The Morgan fingerprint density at radius 2 is 2.03 bits per heavy atom. The van der Waals surface area contributed by atoms with Crippen molar-refractivity contribution < 1.29 is 9.21 Å². The number of hydrogen-bond donors (Lipinski definition) is 1. The molecular weight excluding hydrogens is 406 g/mol. The second-order valence-corrected chi connectivity index (χ2v) is 10.6. The standard InChI is InChI=1S/C25H33N3O2S/c1-17(31-16-23-27-15-22(30-23)13-25(3,4)5)14-26-18(2)28-24(29)21-11-10-19-8-6-7-9-20(19)12-21/h6-9,14-15,21H,10-13,16H2,1-5H3,(H,26,28,29)/b17-14+. The zero-order chi connectivity index (χ0) is 22.4. The first kappa shape index (κ1) is 23.3. The Morgan fingerprint density at radius 1 is 1.29 bits per heavy atom. The molecule has 2 aromatic rings. The lowest BCUT2D eigenvalue weighted by Gasteiger charge is -2.23. The van der Waals surface area contributed by atoms with Gasteiger partial charge in [-0.15, -0.1) is 11.8 Å². The Labute approximate surface area is 189 Å². The fourth-order valence-electron chi connectivity index (χ4n) is 3.65. The van der Waals surface area contributed by atoms with Gasteiger partial charge in [0.25, 0.3) is 0 Å². The van der Waals surface area contributed by atoms with Crippen molar-refractivity contribution in [1.82, 2.24) is 10.3 Å². The molecule has 0 fully saturated rings. The van der Waals surface area contributed by atoms with E-state index in [4.69, 9.17) is 4.42 Å². The van der Waals surface area contributed by atoms with Crippen LogP contribution in [0.25, 0.3) is 0 Å². The molecule has 31 heavy (non-hydrogen) atoms. The summed E-state index contributed by atoms with van der Waals surface area (Å²) in [6.07, 6.45) is 7.12. The molecule has 1 atom stereocenters. The van der Waals surface area contributed by atoms with Gasteiger partial charge in [0.15, 0.2) is 0 Å². The van der Waals surface area contributed by atoms with Crippen LogP contribution in [0.3, 0.4) is 0 Å². The van der Waals surface area contributed by atoms with E-state index in [1.54, 1.807) is 18.0 Å². The second-order valence-electron chi connectivity index (χ2n) is 9.40. The van der Waals surface area contributed by atoms with Gasteiger partial charge in [-0.2, -0.15) is 0 Å². The van der Waals surface area contributed by atoms with Gasteiger partial charge in [0, 0.05) is 23.4 Å². The summed E-state index contributed by atoms with van der Waals surface area (Å²) in [6.45, 7) is 10.4. The van der Waals surface area contributed by atoms with Crippen LogP contribution in [-0.4, -0.2) is 16.7 Å². The topological polar surface area (TPSA) is 67.5 Å². The van der Waals surface area contributed by atoms with Crippen LogP contribution in [0.15, 0.2) is 51.0 Å². The summed E-state index contributed by atoms with van der Waals surface area (Å²) in [6, 6.07) is 8.39. The first-order chi connectivity index (χ1) is 14.7. The average molecular weight is 440 g/mol. The number of nitrogens with zero attached hydrogens (tertiary/aromatic N) is 2. The van der Waals surface area contributed by atoms with Crippen LogP contribution in [-0.2, 0) is 29.8 Å². The molecule has 1 heterocycles. The minimum absolute atomic E-state index is 0.00632. The molecule has 0 saturated heterocycles. The van der Waals surface area contributed by atoms with Gasteiger partial charge in [-0.05, 0) is 49.7 Å². The van der Waals surface area contributed by atoms with Gasteiger partial charge in [-0.25, -0.2) is 9.98 Å². The molecule has 166 valence electrons. The number of fused-ring (bicyclic) bond motifs is 1. The highest BCUT2D eigenvalue weighted by Gasteiger charge is 2.24. The number of benzene rings is 1. The first-order valence-electron chi connectivity index (χ1n) is 10.8. The fraction of sp³-hybridized carbons (Fsp3) is 0.480. The number of amidine groups is 1. The number of aromatic nitrogens is 1. The van der Waals surface area contributed by atoms with Gasteiger partial charge in [-0.3, -0.25) is 4.79 Å². The first-order valence-corrected chi connectivity index (χ1v) is 11.8. The van der Waals surface area contributed by atoms with Crippen LogP contribution >= 0.6 is 11.8 Å². The largest absolute Gasteiger partial charge is 0.445 e. The lowest BCUT2D eigenvalue weighted by atomic mass is 9.83. The smallest absolute Gasteiger partial charge is 0.228 e. The average Bonchev–Trinajstić information content (AvgIpc) is 3.15. The van der Waals surface area contributed by atoms with E-state index in [1.807, 2.05) is 26.1 Å². The van der Waals surface area contributed by atoms with Crippen molar-refractivity contribution in [3.8, 4) is 0 Å². The van der Waals surface area contributed by atoms with Crippen LogP contribution < -0.4 is 5.32 Å². The Hall–Kier alpha value is -2.34. The summed E-state index contributed by atoms with van der Waals surface area (Å²) in [5.41, 5.74) is 2.83. The number of oxazole rings is 1. The van der Waals surface area contributed by atoms with Crippen LogP contribution in [0.4, 0.5) is 0 Å². The minimum Gasteiger partial charge on any atom is -0.445 e. The summed E-state index contributed by atoms with van der Waals surface area (Å²) in [5, 5.41) is 2.96. The number of nitrogens with one attached hydrogen (secondary N) is 1. The number of amides is 1. The predicted octanol–water partition coefficient (Wildman–Crippen LogP) is 5.70. The van der Waals surface area contributed by atoms with Crippen molar-refractivity contribution in [3.63, 3.8) is 0 Å². The van der Waals surface area contributed by atoms with Crippen LogP contribution in [0.2, 0.25) is 0 Å². The Balaban J connectivity index is 1.47. The zero-order valence-electron chi connectivity index (χ0n) is 19.2. The molecule has 0 saturated carbocycles. The quantitative estimate of drug-likeness (QED) is 0.463. The Morgan fingerprint density at radius 3 is 2.77 bits per heavy atom. The molecule has 0 aliphatic heterocycles. The minimum atomic E-state index is 0.00632. The number of allylic oxidation sites excluding steroid dienone is 1. The van der Waals surface area contributed by atoms with Gasteiger partial charge in [0.1, 0.15) is 11.6 Å². The highest BCUT2D eigenvalue weighted by Crippen LogP contribution is 2.26. The lowest BCUT2D eigenvalue weighted by molar-refractivity contribution is -0.123. The van der Waals surface area contributed by atoms with Gasteiger partial charge in [0.05, 0.1) is 11.9 Å². The van der Waals surface area contributed by atoms with Crippen LogP contribution in [0.1, 0.15) is 63.8 Å². The monoisotopic (exact) mass is 439 g/mol. The van der Waals surface area contributed by atoms with E-state index in [-0.39, 0.29) is 17.2 Å². The second kappa shape index (κ2) is 10.3. The van der Waals surface area contributed by atoms with E-state index >= 15 is 0 Å². The van der Waals surface area contributed by atoms with E-state index in [0.717, 1.165) is 42.2 Å². The maximum Gasteiger partial charge on any atom is 0.228 e. The van der Waals surface area contributed by atoms with Gasteiger partial charge in [0.2, 0.25) is 11.8 Å². The molecular formula is C25H33N3O2S. The lowest BCUT2D eigenvalue weighted by Crippen LogP contribution is -2.36. The highest BCUT2D eigenvalue weighted by atomic mass is 32.2. The number of thioether (sulfide) groups is 1. The summed E-state index contributed by atoms with van der Waals surface area (Å²) in [5.74, 6) is 2.99. The molecule has 0 bridgehead atoms. The zero-order valence-corrected chi connectivity index (χ0v) is 20.0. The van der Waals surface area contributed by atoms with Crippen molar-refractivity contribution >= 4 is 23.5 Å². The summed E-state index contributed by atoms with van der Waals surface area (Å²) in [4.78, 5) is 22.5. The van der Waals surface area contributed by atoms with E-state index in [0.29, 0.717) is 11.6 Å². The molecule has 3 rings (SSSR count). The number of carbonyl (C=O) groups is 1. The summed E-state index contributed by atoms with van der Waals surface area (Å²) >= 11 is 1.63. The molecule has 0 radical (unpaired) electrons. The third kappa shape index (κ3) is 7.39. The Kier molecular flexibility index (Phi) is 7.76. The van der Waals surface area contributed by atoms with Crippen molar-refractivity contribution in [3.05, 3.63) is 64.3 Å². The molecule has 5 nitrogen and oxygen atoms in total. The van der Waals surface area contributed by atoms with E-state index in [2.05, 4.69) is 54.3 Å². The SMILES string of the molecule is CC(=N/C=C(\C)SCc1ncc(CC(C)(C)C)o1)NC(=O)C1CCc2ccccc2C1. The van der Waals surface area contributed by atoms with Gasteiger partial charge in [-0.1, -0.05) is 45.0 Å². The van der Waals surface area contributed by atoms with Crippen molar-refractivity contribution in [2.24, 2.45) is 16.3 Å². The maximum absolute atomic E-state index is 12.6. The molecule has 1 aliphatic rings. The normalized spacial score (nSPS) is 17.4. The van der Waals surface area contributed by atoms with Crippen LogP contribution in [0, 0.1) is 11.3 Å². The van der Waals surface area contributed by atoms with Crippen molar-refractivity contribution in [2.75, 3.05) is 0 Å². The molecule has 1 amide bonds. The summed E-state index contributed by atoms with van der Waals surface area (Å²) in [7, 11) is 0. The molecule has 1 aromatic carbocycles. The van der Waals surface area contributed by atoms with Gasteiger partial charge >= 0.3 is 0 Å². The number of hydrogen-bond acceptors (Lipinski definition) is 5. The third-order valence-corrected chi connectivity index (χ3v) is 6.14. The summed E-state index contributed by atoms with van der Waals surface area (Å²) < 4.78 is 5.83. The van der Waals surface area contributed by atoms with Crippen LogP contribution in [0.5, 0.6) is 0 Å². The van der Waals surface area contributed by atoms with E-state index in [1.165, 1.54) is 11.1 Å². The highest BCUT2D eigenvalue weighted by molar-refractivity contribution is 8.02. The molecule has 1 aliphatic carbocycles. The predicted molar refractivity (Wildman–Crippen MR) is 128 cm³/mol. The van der Waals surface area contributed by atoms with E-state index < -0.39 is 0 Å². The van der Waals surface area contributed by atoms with Gasteiger partial charge < -0.3 is 9.73 Å². The number of aryl methyl sites for hydroxylation is 1.